The largest absolute Gasteiger partial charge is 0.373 e. The van der Waals surface area contributed by atoms with Gasteiger partial charge in [-0.15, -0.1) is 0 Å². The summed E-state index contributed by atoms with van der Waals surface area (Å²) in [5.74, 6) is 0.341. The van der Waals surface area contributed by atoms with E-state index in [2.05, 4.69) is 21.9 Å². The molecule has 130 valence electrons. The Morgan fingerprint density at radius 1 is 1.25 bits per heavy atom. The summed E-state index contributed by atoms with van der Waals surface area (Å²) in [5.41, 5.74) is 1.23. The Morgan fingerprint density at radius 3 is 2.83 bits per heavy atom. The molecule has 0 aliphatic carbocycles. The first-order valence-corrected chi connectivity index (χ1v) is 9.42. The van der Waals surface area contributed by atoms with Crippen LogP contribution in [0.25, 0.3) is 0 Å². The fourth-order valence-electron chi connectivity index (χ4n) is 4.52. The van der Waals surface area contributed by atoms with E-state index in [1.54, 1.807) is 0 Å². The van der Waals surface area contributed by atoms with Gasteiger partial charge in [-0.2, -0.15) is 0 Å². The van der Waals surface area contributed by atoms with Crippen LogP contribution < -0.4 is 0 Å². The van der Waals surface area contributed by atoms with Gasteiger partial charge in [0.1, 0.15) is 0 Å². The summed E-state index contributed by atoms with van der Waals surface area (Å²) in [5, 5.41) is 0.783. The Kier molecular flexibility index (Phi) is 4.54. The van der Waals surface area contributed by atoms with Crippen LogP contribution in [0.5, 0.6) is 0 Å². The number of halogens is 1. The van der Waals surface area contributed by atoms with Gasteiger partial charge in [-0.05, 0) is 43.4 Å². The fraction of sp³-hybridized carbons (Fsp3) is 0.632. The van der Waals surface area contributed by atoms with E-state index >= 15 is 0 Å². The smallest absolute Gasteiger partial charge is 0.222 e. The first kappa shape index (κ1) is 16.4. The molecule has 1 aromatic rings. The number of rotatable bonds is 3. The van der Waals surface area contributed by atoms with Crippen molar-refractivity contribution >= 4 is 17.5 Å². The monoisotopic (exact) mass is 348 g/mol. The topological polar surface area (TPSA) is 32.8 Å². The third-order valence-corrected chi connectivity index (χ3v) is 5.98. The normalized spacial score (nSPS) is 31.3. The second-order valence-corrected chi connectivity index (χ2v) is 7.89. The molecule has 5 heteroatoms. The molecule has 1 aromatic carbocycles. The van der Waals surface area contributed by atoms with Crippen molar-refractivity contribution in [1.29, 1.82) is 0 Å². The van der Waals surface area contributed by atoms with Gasteiger partial charge in [0.25, 0.3) is 0 Å². The molecular weight excluding hydrogens is 324 g/mol. The lowest BCUT2D eigenvalue weighted by atomic mass is 9.89. The van der Waals surface area contributed by atoms with Crippen LogP contribution in [0.4, 0.5) is 0 Å². The summed E-state index contributed by atoms with van der Waals surface area (Å²) in [6.45, 7) is 4.68. The molecule has 3 aliphatic rings. The van der Waals surface area contributed by atoms with Gasteiger partial charge in [0.15, 0.2) is 0 Å². The van der Waals surface area contributed by atoms with Gasteiger partial charge in [-0.1, -0.05) is 23.7 Å². The summed E-state index contributed by atoms with van der Waals surface area (Å²) in [4.78, 5) is 16.7. The van der Waals surface area contributed by atoms with Gasteiger partial charge in [0, 0.05) is 50.3 Å². The average Bonchev–Trinajstić information content (AvgIpc) is 3.17. The molecule has 2 atom stereocenters. The molecular formula is C19H25ClN2O2. The van der Waals surface area contributed by atoms with Gasteiger partial charge in [-0.3, -0.25) is 9.69 Å². The van der Waals surface area contributed by atoms with E-state index in [0.717, 1.165) is 69.9 Å². The molecule has 4 rings (SSSR count). The Labute approximate surface area is 148 Å². The minimum absolute atomic E-state index is 0.0573. The highest BCUT2D eigenvalue weighted by Crippen LogP contribution is 2.37. The summed E-state index contributed by atoms with van der Waals surface area (Å²) in [7, 11) is 0. The van der Waals surface area contributed by atoms with Crippen molar-refractivity contribution in [2.45, 2.75) is 50.3 Å². The first-order chi connectivity index (χ1) is 11.6. The van der Waals surface area contributed by atoms with Crippen molar-refractivity contribution in [3.8, 4) is 0 Å². The van der Waals surface area contributed by atoms with Gasteiger partial charge in [-0.25, -0.2) is 0 Å². The molecule has 0 aromatic heterocycles. The maximum Gasteiger partial charge on any atom is 0.222 e. The van der Waals surface area contributed by atoms with Crippen LogP contribution in [0.15, 0.2) is 24.3 Å². The van der Waals surface area contributed by atoms with Gasteiger partial charge in [0.05, 0.1) is 5.60 Å². The number of likely N-dealkylation sites (tertiary alicyclic amines) is 2. The van der Waals surface area contributed by atoms with Crippen LogP contribution in [-0.2, 0) is 16.1 Å². The fourth-order valence-corrected chi connectivity index (χ4v) is 4.64. The molecule has 3 heterocycles. The minimum atomic E-state index is -0.0573. The van der Waals surface area contributed by atoms with E-state index in [9.17, 15) is 4.79 Å². The third kappa shape index (κ3) is 3.32. The van der Waals surface area contributed by atoms with Crippen LogP contribution >= 0.6 is 11.6 Å². The molecule has 0 saturated carbocycles. The number of ether oxygens (including phenoxy) is 1. The summed E-state index contributed by atoms with van der Waals surface area (Å²) >= 11 is 5.97. The maximum absolute atomic E-state index is 12.1. The number of benzene rings is 1. The molecule has 4 nitrogen and oxygen atoms in total. The number of carbonyl (C=O) groups excluding carboxylic acids is 1. The lowest BCUT2D eigenvalue weighted by Gasteiger charge is -2.41. The van der Waals surface area contributed by atoms with Crippen molar-refractivity contribution in [3.05, 3.63) is 34.9 Å². The highest BCUT2D eigenvalue weighted by Gasteiger charge is 2.45. The molecule has 1 spiro atoms. The Balaban J connectivity index is 1.39. The lowest BCUT2D eigenvalue weighted by molar-refractivity contribution is -0.137. The highest BCUT2D eigenvalue weighted by atomic mass is 35.5. The quantitative estimate of drug-likeness (QED) is 0.841. The summed E-state index contributed by atoms with van der Waals surface area (Å²) in [6.07, 6.45) is 4.80. The highest BCUT2D eigenvalue weighted by molar-refractivity contribution is 6.30. The Bertz CT molecular complexity index is 606. The summed E-state index contributed by atoms with van der Waals surface area (Å²) in [6, 6.07) is 8.48. The second kappa shape index (κ2) is 6.66. The molecule has 0 N–H and O–H groups in total. The minimum Gasteiger partial charge on any atom is -0.373 e. The zero-order valence-electron chi connectivity index (χ0n) is 14.0. The molecule has 3 aliphatic heterocycles. The van der Waals surface area contributed by atoms with E-state index in [1.165, 1.54) is 5.56 Å². The van der Waals surface area contributed by atoms with Crippen LogP contribution in [0, 0.1) is 0 Å². The van der Waals surface area contributed by atoms with Crippen molar-refractivity contribution in [3.63, 3.8) is 0 Å². The van der Waals surface area contributed by atoms with E-state index in [0.29, 0.717) is 11.9 Å². The zero-order valence-corrected chi connectivity index (χ0v) is 14.8. The summed E-state index contributed by atoms with van der Waals surface area (Å²) < 4.78 is 6.24. The lowest BCUT2D eigenvalue weighted by Crippen LogP contribution is -2.50. The number of nitrogens with zero attached hydrogens (tertiary/aromatic N) is 2. The van der Waals surface area contributed by atoms with Crippen LogP contribution in [-0.4, -0.2) is 53.6 Å². The van der Waals surface area contributed by atoms with E-state index in [1.807, 2.05) is 12.1 Å². The molecule has 3 saturated heterocycles. The third-order valence-electron chi connectivity index (χ3n) is 5.73. The second-order valence-electron chi connectivity index (χ2n) is 7.46. The SMILES string of the molecule is O=C1CCCN1[C@H]1CCO[C@@]2(CCN(Cc3ccc(Cl)cc3)C2)C1. The van der Waals surface area contributed by atoms with Gasteiger partial charge < -0.3 is 9.64 Å². The number of hydrogen-bond donors (Lipinski definition) is 0. The Hall–Kier alpha value is -1.10. The van der Waals surface area contributed by atoms with E-state index < -0.39 is 0 Å². The number of carbonyl (C=O) groups is 1. The van der Waals surface area contributed by atoms with E-state index in [4.69, 9.17) is 16.3 Å². The molecule has 3 fully saturated rings. The van der Waals surface area contributed by atoms with Crippen LogP contribution in [0.1, 0.15) is 37.7 Å². The van der Waals surface area contributed by atoms with Crippen molar-refractivity contribution in [1.82, 2.24) is 9.80 Å². The Morgan fingerprint density at radius 2 is 2.08 bits per heavy atom. The molecule has 24 heavy (non-hydrogen) atoms. The standard InChI is InChI=1S/C19H25ClN2O2/c20-16-5-3-15(4-6-16)13-21-10-8-19(14-21)12-17(7-11-24-19)22-9-1-2-18(22)23/h3-6,17H,1-2,7-14H2/t17-,19-/m0/s1. The predicted molar refractivity (Wildman–Crippen MR) is 94.0 cm³/mol. The van der Waals surface area contributed by atoms with Gasteiger partial charge >= 0.3 is 0 Å². The van der Waals surface area contributed by atoms with Crippen molar-refractivity contribution in [2.24, 2.45) is 0 Å². The molecule has 0 radical (unpaired) electrons. The van der Waals surface area contributed by atoms with E-state index in [-0.39, 0.29) is 5.60 Å². The molecule has 0 unspecified atom stereocenters. The zero-order chi connectivity index (χ0) is 16.6. The maximum atomic E-state index is 12.1. The predicted octanol–water partition coefficient (Wildman–Crippen LogP) is 3.09. The van der Waals surface area contributed by atoms with Crippen molar-refractivity contribution in [2.75, 3.05) is 26.2 Å². The van der Waals surface area contributed by atoms with Gasteiger partial charge in [0.2, 0.25) is 5.91 Å². The average molecular weight is 349 g/mol. The van der Waals surface area contributed by atoms with Crippen LogP contribution in [0.3, 0.4) is 0 Å². The van der Waals surface area contributed by atoms with Crippen molar-refractivity contribution < 1.29 is 9.53 Å². The molecule has 0 bridgehead atoms. The molecule has 1 amide bonds. The number of amides is 1. The first-order valence-electron chi connectivity index (χ1n) is 9.04. The van der Waals surface area contributed by atoms with Crippen LogP contribution in [0.2, 0.25) is 5.02 Å². The number of hydrogen-bond acceptors (Lipinski definition) is 3.